The summed E-state index contributed by atoms with van der Waals surface area (Å²) in [5, 5.41) is 10.2. The first-order valence-corrected chi connectivity index (χ1v) is 7.13. The number of fused-ring (bicyclic) bond motifs is 1. The van der Waals surface area contributed by atoms with Crippen molar-refractivity contribution in [2.45, 2.75) is 31.3 Å². The summed E-state index contributed by atoms with van der Waals surface area (Å²) in [6, 6.07) is 17.6. The Balaban J connectivity index is 1.98. The van der Waals surface area contributed by atoms with Gasteiger partial charge in [-0.25, -0.2) is 0 Å². The van der Waals surface area contributed by atoms with Crippen molar-refractivity contribution < 1.29 is 5.11 Å². The van der Waals surface area contributed by atoms with E-state index in [1.54, 1.807) is 0 Å². The number of aliphatic hydroxyl groups is 1. The van der Waals surface area contributed by atoms with Crippen molar-refractivity contribution in [1.82, 2.24) is 0 Å². The molecule has 2 atom stereocenters. The van der Waals surface area contributed by atoms with Gasteiger partial charge >= 0.3 is 0 Å². The monoisotopic (exact) mass is 250 g/mol. The van der Waals surface area contributed by atoms with Crippen LogP contribution >= 0.6 is 0 Å². The van der Waals surface area contributed by atoms with Crippen molar-refractivity contribution in [3.63, 3.8) is 0 Å². The van der Waals surface area contributed by atoms with Crippen LogP contribution in [0.3, 0.4) is 0 Å². The Morgan fingerprint density at radius 1 is 0.895 bits per heavy atom. The van der Waals surface area contributed by atoms with Crippen molar-refractivity contribution in [2.24, 2.45) is 5.92 Å². The molecule has 3 aliphatic rings. The lowest BCUT2D eigenvalue weighted by Gasteiger charge is -2.46. The number of hydrogen-bond donors (Lipinski definition) is 1. The molecule has 2 aromatic rings. The fourth-order valence-corrected chi connectivity index (χ4v) is 4.16. The van der Waals surface area contributed by atoms with Crippen molar-refractivity contribution in [2.75, 3.05) is 0 Å². The Labute approximate surface area is 113 Å². The first-order valence-electron chi connectivity index (χ1n) is 7.13. The molecule has 0 amide bonds. The molecule has 2 aromatic carbocycles. The molecule has 96 valence electrons. The molecular formula is C18H18O. The zero-order valence-corrected chi connectivity index (χ0v) is 11.1. The maximum atomic E-state index is 10.2. The molecule has 0 aromatic heterocycles. The van der Waals surface area contributed by atoms with Crippen LogP contribution in [0.2, 0.25) is 0 Å². The molecule has 0 radical (unpaired) electrons. The molecule has 1 N–H and O–H groups in total. The molecule has 0 heterocycles. The van der Waals surface area contributed by atoms with Crippen LogP contribution in [0.25, 0.3) is 0 Å². The minimum Gasteiger partial charge on any atom is -0.393 e. The summed E-state index contributed by atoms with van der Waals surface area (Å²) in [6.45, 7) is 1.94. The highest BCUT2D eigenvalue weighted by Crippen LogP contribution is 2.55. The highest BCUT2D eigenvalue weighted by molar-refractivity contribution is 5.55. The number of hydrogen-bond acceptors (Lipinski definition) is 1. The van der Waals surface area contributed by atoms with Crippen LogP contribution in [0.15, 0.2) is 48.5 Å². The molecule has 5 rings (SSSR count). The Morgan fingerprint density at radius 3 is 1.84 bits per heavy atom. The van der Waals surface area contributed by atoms with Gasteiger partial charge in [-0.1, -0.05) is 48.5 Å². The van der Waals surface area contributed by atoms with Gasteiger partial charge in [-0.15, -0.1) is 0 Å². The van der Waals surface area contributed by atoms with Gasteiger partial charge in [0.1, 0.15) is 0 Å². The third kappa shape index (κ3) is 1.45. The van der Waals surface area contributed by atoms with E-state index in [9.17, 15) is 5.11 Å². The molecule has 0 spiro atoms. The van der Waals surface area contributed by atoms with E-state index in [1.165, 1.54) is 22.3 Å². The summed E-state index contributed by atoms with van der Waals surface area (Å²) < 4.78 is 0. The number of benzene rings is 2. The maximum absolute atomic E-state index is 10.2. The molecule has 1 nitrogen and oxygen atoms in total. The van der Waals surface area contributed by atoms with Gasteiger partial charge in [0.15, 0.2) is 0 Å². The summed E-state index contributed by atoms with van der Waals surface area (Å²) in [6.07, 6.45) is 0.838. The molecule has 19 heavy (non-hydrogen) atoms. The number of rotatable bonds is 1. The number of aliphatic hydroxyl groups excluding tert-OH is 1. The minimum absolute atomic E-state index is 0.241. The molecule has 0 aliphatic heterocycles. The molecule has 1 heteroatoms. The van der Waals surface area contributed by atoms with Crippen molar-refractivity contribution >= 4 is 0 Å². The van der Waals surface area contributed by atoms with E-state index in [-0.39, 0.29) is 6.10 Å². The molecule has 2 bridgehead atoms. The quantitative estimate of drug-likeness (QED) is 0.819. The van der Waals surface area contributed by atoms with Crippen LogP contribution in [-0.2, 0) is 0 Å². The van der Waals surface area contributed by atoms with Crippen LogP contribution in [0.1, 0.15) is 47.4 Å². The van der Waals surface area contributed by atoms with Gasteiger partial charge in [0.2, 0.25) is 0 Å². The Morgan fingerprint density at radius 2 is 1.37 bits per heavy atom. The smallest absolute Gasteiger partial charge is 0.0549 e. The van der Waals surface area contributed by atoms with Crippen LogP contribution in [0.5, 0.6) is 0 Å². The topological polar surface area (TPSA) is 20.2 Å². The largest absolute Gasteiger partial charge is 0.393 e. The lowest BCUT2D eigenvalue weighted by Crippen LogP contribution is -2.37. The zero-order chi connectivity index (χ0) is 13.0. The van der Waals surface area contributed by atoms with E-state index in [1.807, 2.05) is 6.92 Å². The van der Waals surface area contributed by atoms with Gasteiger partial charge in [0.05, 0.1) is 6.10 Å². The highest BCUT2D eigenvalue weighted by Gasteiger charge is 2.44. The summed E-state index contributed by atoms with van der Waals surface area (Å²) in [5.74, 6) is 1.20. The van der Waals surface area contributed by atoms with Gasteiger partial charge < -0.3 is 5.11 Å². The van der Waals surface area contributed by atoms with E-state index in [0.29, 0.717) is 17.8 Å². The third-order valence-electron chi connectivity index (χ3n) is 4.97. The Hall–Kier alpha value is -1.60. The molecule has 0 fully saturated rings. The highest BCUT2D eigenvalue weighted by atomic mass is 16.3. The molecule has 0 saturated heterocycles. The van der Waals surface area contributed by atoms with Gasteiger partial charge in [0.25, 0.3) is 0 Å². The molecule has 0 unspecified atom stereocenters. The Bertz CT molecular complexity index is 582. The lowest BCUT2D eigenvalue weighted by molar-refractivity contribution is 0.0970. The lowest BCUT2D eigenvalue weighted by atomic mass is 9.58. The summed E-state index contributed by atoms with van der Waals surface area (Å²) >= 11 is 0. The third-order valence-corrected chi connectivity index (χ3v) is 4.97. The van der Waals surface area contributed by atoms with E-state index in [2.05, 4.69) is 48.5 Å². The predicted molar refractivity (Wildman–Crippen MR) is 76.4 cm³/mol. The SMILES string of the molecule is C[C@H](O)[C@H]1CC2c3ccccc3C1c1ccccc12. The van der Waals surface area contributed by atoms with Crippen LogP contribution in [0.4, 0.5) is 0 Å². The first kappa shape index (κ1) is 11.2. The van der Waals surface area contributed by atoms with Crippen LogP contribution in [-0.4, -0.2) is 11.2 Å². The molecule has 3 aliphatic carbocycles. The minimum atomic E-state index is -0.241. The summed E-state index contributed by atoms with van der Waals surface area (Å²) in [4.78, 5) is 0. The van der Waals surface area contributed by atoms with Gasteiger partial charge in [-0.3, -0.25) is 0 Å². The predicted octanol–water partition coefficient (Wildman–Crippen LogP) is 3.66. The normalized spacial score (nSPS) is 28.6. The van der Waals surface area contributed by atoms with E-state index in [0.717, 1.165) is 6.42 Å². The first-order chi connectivity index (χ1) is 9.27. The average Bonchev–Trinajstić information content (AvgIpc) is 2.47. The average molecular weight is 250 g/mol. The van der Waals surface area contributed by atoms with Gasteiger partial charge in [-0.05, 0) is 41.5 Å². The van der Waals surface area contributed by atoms with Gasteiger partial charge in [0, 0.05) is 11.8 Å². The Kier molecular flexibility index (Phi) is 2.33. The summed E-state index contributed by atoms with van der Waals surface area (Å²) in [5.41, 5.74) is 5.82. The second-order valence-electron chi connectivity index (χ2n) is 5.93. The van der Waals surface area contributed by atoms with Gasteiger partial charge in [-0.2, -0.15) is 0 Å². The standard InChI is InChI=1S/C18H18O/c1-11(19)16-10-17-12-6-2-4-8-14(12)18(16)15-9-5-3-7-13(15)17/h2-9,11,16-19H,10H2,1H3/t11-,16+,17?,18?/m0/s1. The maximum Gasteiger partial charge on any atom is 0.0549 e. The van der Waals surface area contributed by atoms with E-state index in [4.69, 9.17) is 0 Å². The van der Waals surface area contributed by atoms with Crippen LogP contribution < -0.4 is 0 Å². The second kappa shape index (κ2) is 3.94. The van der Waals surface area contributed by atoms with Crippen molar-refractivity contribution in [1.29, 1.82) is 0 Å². The second-order valence-corrected chi connectivity index (χ2v) is 5.93. The van der Waals surface area contributed by atoms with Crippen molar-refractivity contribution in [3.8, 4) is 0 Å². The fraction of sp³-hybridized carbons (Fsp3) is 0.333. The molecular weight excluding hydrogens is 232 g/mol. The van der Waals surface area contributed by atoms with Crippen LogP contribution in [0, 0.1) is 5.92 Å². The van der Waals surface area contributed by atoms with E-state index < -0.39 is 0 Å². The zero-order valence-electron chi connectivity index (χ0n) is 11.1. The fourth-order valence-electron chi connectivity index (χ4n) is 4.16. The van der Waals surface area contributed by atoms with Crippen molar-refractivity contribution in [3.05, 3.63) is 70.8 Å². The van der Waals surface area contributed by atoms with E-state index >= 15 is 0 Å². The summed E-state index contributed by atoms with van der Waals surface area (Å²) in [7, 11) is 0. The molecule has 0 saturated carbocycles.